The van der Waals surface area contributed by atoms with Gasteiger partial charge in [-0.3, -0.25) is 0 Å². The summed E-state index contributed by atoms with van der Waals surface area (Å²) in [4.78, 5) is 12.5. The third-order valence-corrected chi connectivity index (χ3v) is 4.41. The van der Waals surface area contributed by atoms with Crippen molar-refractivity contribution in [2.24, 2.45) is 0 Å². The van der Waals surface area contributed by atoms with Crippen LogP contribution >= 0.6 is 27.5 Å². The van der Waals surface area contributed by atoms with Gasteiger partial charge in [-0.1, -0.05) is 39.7 Å². The minimum absolute atomic E-state index is 0.00676. The average molecular weight is 434 g/mol. The minimum atomic E-state index is -0.457. The Morgan fingerprint density at radius 3 is 2.58 bits per heavy atom. The van der Waals surface area contributed by atoms with Gasteiger partial charge in [0.15, 0.2) is 0 Å². The summed E-state index contributed by atoms with van der Waals surface area (Å²) in [6.45, 7) is 0.00676. The molecule has 2 aromatic carbocycles. The van der Waals surface area contributed by atoms with Crippen LogP contribution in [0.15, 0.2) is 62.2 Å². The fraction of sp³-hybridized carbons (Fsp3) is 0.0625. The number of tetrazole rings is 1. The molecule has 26 heavy (non-hydrogen) atoms. The summed E-state index contributed by atoms with van der Waals surface area (Å²) in [6.07, 6.45) is 0. The molecule has 0 aliphatic carbocycles. The molecule has 4 rings (SSSR count). The van der Waals surface area contributed by atoms with Crippen LogP contribution in [0.4, 0.5) is 0 Å². The van der Waals surface area contributed by atoms with Crippen molar-refractivity contribution >= 4 is 27.5 Å². The smallest absolute Gasteiger partial charge is 0.369 e. The Kier molecular flexibility index (Phi) is 4.39. The van der Waals surface area contributed by atoms with Crippen LogP contribution in [0, 0.1) is 0 Å². The van der Waals surface area contributed by atoms with Gasteiger partial charge in [0.1, 0.15) is 6.54 Å². The lowest BCUT2D eigenvalue weighted by molar-refractivity contribution is 0.464. The van der Waals surface area contributed by atoms with E-state index in [1.165, 1.54) is 0 Å². The topological polar surface area (TPSA) is 91.6 Å². The summed E-state index contributed by atoms with van der Waals surface area (Å²) in [7, 11) is 0. The molecule has 0 unspecified atom stereocenters. The van der Waals surface area contributed by atoms with Crippen LogP contribution < -0.4 is 5.69 Å². The zero-order chi connectivity index (χ0) is 18.1. The Hall–Kier alpha value is -2.78. The molecule has 0 atom stereocenters. The van der Waals surface area contributed by atoms with Crippen molar-refractivity contribution in [3.63, 3.8) is 0 Å². The predicted molar refractivity (Wildman–Crippen MR) is 97.2 cm³/mol. The number of para-hydroxylation sites is 1. The number of hydrogen-bond donors (Lipinski definition) is 0. The fourth-order valence-corrected chi connectivity index (χ4v) is 2.78. The monoisotopic (exact) mass is 432 g/mol. The van der Waals surface area contributed by atoms with Gasteiger partial charge in [0.05, 0.1) is 10.7 Å². The molecule has 0 amide bonds. The van der Waals surface area contributed by atoms with Crippen molar-refractivity contribution in [2.75, 3.05) is 0 Å². The van der Waals surface area contributed by atoms with Gasteiger partial charge < -0.3 is 4.42 Å². The molecule has 2 heterocycles. The van der Waals surface area contributed by atoms with E-state index in [1.807, 2.05) is 24.3 Å². The first-order valence-corrected chi connectivity index (χ1v) is 8.65. The maximum absolute atomic E-state index is 12.5. The summed E-state index contributed by atoms with van der Waals surface area (Å²) < 4.78 is 8.80. The van der Waals surface area contributed by atoms with Crippen LogP contribution in [0.5, 0.6) is 0 Å². The Balaban J connectivity index is 1.60. The van der Waals surface area contributed by atoms with E-state index in [1.54, 1.807) is 24.3 Å². The first kappa shape index (κ1) is 16.7. The third kappa shape index (κ3) is 3.18. The van der Waals surface area contributed by atoms with E-state index in [0.717, 1.165) is 19.4 Å². The van der Waals surface area contributed by atoms with E-state index >= 15 is 0 Å². The van der Waals surface area contributed by atoms with E-state index in [0.29, 0.717) is 16.6 Å². The van der Waals surface area contributed by atoms with Gasteiger partial charge in [-0.05, 0) is 46.8 Å². The number of rotatable bonds is 4. The molecule has 0 bridgehead atoms. The largest absolute Gasteiger partial charge is 0.419 e. The van der Waals surface area contributed by atoms with Gasteiger partial charge >= 0.3 is 5.69 Å². The molecule has 0 saturated heterocycles. The van der Waals surface area contributed by atoms with E-state index in [9.17, 15) is 4.79 Å². The van der Waals surface area contributed by atoms with Gasteiger partial charge in [-0.2, -0.15) is 9.36 Å². The molecule has 0 saturated carbocycles. The predicted octanol–water partition coefficient (Wildman–Crippen LogP) is 2.94. The highest BCUT2D eigenvalue weighted by molar-refractivity contribution is 9.10. The second-order valence-electron chi connectivity index (χ2n) is 5.29. The summed E-state index contributed by atoms with van der Waals surface area (Å²) in [5.41, 5.74) is 0.770. The zero-order valence-corrected chi connectivity index (χ0v) is 15.4. The van der Waals surface area contributed by atoms with Crippen molar-refractivity contribution in [1.29, 1.82) is 0 Å². The number of halogens is 2. The molecule has 0 N–H and O–H groups in total. The first-order chi connectivity index (χ1) is 12.6. The van der Waals surface area contributed by atoms with Crippen molar-refractivity contribution in [3.05, 3.63) is 74.4 Å². The summed E-state index contributed by atoms with van der Waals surface area (Å²) in [5, 5.41) is 16.1. The van der Waals surface area contributed by atoms with Crippen LogP contribution in [-0.4, -0.2) is 30.0 Å². The molecule has 10 heteroatoms. The second kappa shape index (κ2) is 6.85. The van der Waals surface area contributed by atoms with Crippen LogP contribution in [0.1, 0.15) is 5.89 Å². The first-order valence-electron chi connectivity index (χ1n) is 7.48. The minimum Gasteiger partial charge on any atom is -0.419 e. The van der Waals surface area contributed by atoms with Crippen molar-refractivity contribution in [1.82, 2.24) is 30.0 Å². The SMILES string of the molecule is O=c1n(Cc2nnc(-c3ccc(Br)cc3)o2)nnn1-c1ccccc1Cl. The lowest BCUT2D eigenvalue weighted by Crippen LogP contribution is -2.25. The molecule has 0 radical (unpaired) electrons. The van der Waals surface area contributed by atoms with Crippen molar-refractivity contribution in [2.45, 2.75) is 6.54 Å². The Morgan fingerprint density at radius 2 is 1.81 bits per heavy atom. The van der Waals surface area contributed by atoms with Crippen molar-refractivity contribution < 1.29 is 4.42 Å². The summed E-state index contributed by atoms with van der Waals surface area (Å²) >= 11 is 9.47. The molecule has 0 aliphatic heterocycles. The average Bonchev–Trinajstić information content (AvgIpc) is 3.24. The Labute approximate surface area is 160 Å². The van der Waals surface area contributed by atoms with E-state index < -0.39 is 5.69 Å². The van der Waals surface area contributed by atoms with Gasteiger partial charge in [0, 0.05) is 10.0 Å². The van der Waals surface area contributed by atoms with Crippen molar-refractivity contribution in [3.8, 4) is 17.1 Å². The Bertz CT molecular complexity index is 1120. The maximum atomic E-state index is 12.5. The van der Waals surface area contributed by atoms with E-state index in [4.69, 9.17) is 16.0 Å². The lowest BCUT2D eigenvalue weighted by atomic mass is 10.2. The van der Waals surface area contributed by atoms with Crippen LogP contribution in [-0.2, 0) is 6.54 Å². The van der Waals surface area contributed by atoms with Crippen LogP contribution in [0.25, 0.3) is 17.1 Å². The number of nitrogens with zero attached hydrogens (tertiary/aromatic N) is 6. The molecular formula is C16H10BrClN6O2. The maximum Gasteiger partial charge on any atom is 0.369 e. The second-order valence-corrected chi connectivity index (χ2v) is 6.61. The van der Waals surface area contributed by atoms with E-state index in [-0.39, 0.29) is 12.4 Å². The molecule has 0 aliphatic rings. The number of aromatic nitrogens is 6. The molecular weight excluding hydrogens is 424 g/mol. The highest BCUT2D eigenvalue weighted by Gasteiger charge is 2.15. The van der Waals surface area contributed by atoms with E-state index in [2.05, 4.69) is 36.6 Å². The number of hydrogen-bond acceptors (Lipinski definition) is 6. The molecule has 130 valence electrons. The van der Waals surface area contributed by atoms with Gasteiger partial charge in [-0.25, -0.2) is 4.79 Å². The zero-order valence-electron chi connectivity index (χ0n) is 13.1. The Morgan fingerprint density at radius 1 is 1.04 bits per heavy atom. The van der Waals surface area contributed by atoms with Gasteiger partial charge in [-0.15, -0.1) is 10.2 Å². The van der Waals surface area contributed by atoms with Crippen LogP contribution in [0.2, 0.25) is 5.02 Å². The van der Waals surface area contributed by atoms with Crippen LogP contribution in [0.3, 0.4) is 0 Å². The normalized spacial score (nSPS) is 11.0. The number of benzene rings is 2. The molecule has 8 nitrogen and oxygen atoms in total. The quantitative estimate of drug-likeness (QED) is 0.491. The molecule has 4 aromatic rings. The standard InChI is InChI=1S/C16H10BrClN6O2/c17-11-7-5-10(6-8-11)15-20-19-14(26-15)9-23-16(25)24(22-21-23)13-4-2-1-3-12(13)18/h1-8H,9H2. The van der Waals surface area contributed by atoms with Gasteiger partial charge in [0.2, 0.25) is 11.8 Å². The highest BCUT2D eigenvalue weighted by Crippen LogP contribution is 2.20. The third-order valence-electron chi connectivity index (χ3n) is 3.56. The molecule has 0 fully saturated rings. The fourth-order valence-electron chi connectivity index (χ4n) is 2.30. The highest BCUT2D eigenvalue weighted by atomic mass is 79.9. The lowest BCUT2D eigenvalue weighted by Gasteiger charge is -1.99. The summed E-state index contributed by atoms with van der Waals surface area (Å²) in [6, 6.07) is 14.3. The summed E-state index contributed by atoms with van der Waals surface area (Å²) in [5.74, 6) is 0.607. The van der Waals surface area contributed by atoms with Gasteiger partial charge in [0.25, 0.3) is 0 Å². The molecule has 2 aromatic heterocycles. The molecule has 0 spiro atoms.